The van der Waals surface area contributed by atoms with E-state index in [0.717, 1.165) is 62.9 Å². The fraction of sp³-hybridized carbons (Fsp3) is 0.552. The molecule has 7 heteroatoms. The highest BCUT2D eigenvalue weighted by atomic mass is 16.5. The molecule has 0 saturated carbocycles. The van der Waals surface area contributed by atoms with Gasteiger partial charge in [-0.25, -0.2) is 0 Å². The molecule has 2 amide bonds. The number of para-hydroxylation sites is 1. The van der Waals surface area contributed by atoms with Crippen molar-refractivity contribution in [2.24, 2.45) is 0 Å². The van der Waals surface area contributed by atoms with Gasteiger partial charge in [-0.2, -0.15) is 0 Å². The second-order valence-corrected chi connectivity index (χ2v) is 10.5. The predicted octanol–water partition coefficient (Wildman–Crippen LogP) is 4.16. The number of rotatable bonds is 4. The van der Waals surface area contributed by atoms with E-state index in [1.807, 2.05) is 40.3 Å². The number of fused-ring (bicyclic) bond motifs is 3. The lowest BCUT2D eigenvalue weighted by molar-refractivity contribution is -0.136. The number of anilines is 1. The zero-order chi connectivity index (χ0) is 24.9. The number of hydrogen-bond acceptors (Lipinski definition) is 5. The maximum atomic E-state index is 13.7. The molecule has 2 saturated heterocycles. The maximum Gasteiger partial charge on any atom is 0.225 e. The van der Waals surface area contributed by atoms with Crippen LogP contribution in [0.1, 0.15) is 63.0 Å². The van der Waals surface area contributed by atoms with Crippen LogP contribution in [0.3, 0.4) is 0 Å². The molecule has 2 fully saturated rings. The molecule has 5 rings (SSSR count). The summed E-state index contributed by atoms with van der Waals surface area (Å²) in [5.41, 5.74) is 3.14. The van der Waals surface area contributed by atoms with Gasteiger partial charge in [0.1, 0.15) is 0 Å². The van der Waals surface area contributed by atoms with Gasteiger partial charge in [-0.3, -0.25) is 19.5 Å². The van der Waals surface area contributed by atoms with Gasteiger partial charge in [0.25, 0.3) is 0 Å². The summed E-state index contributed by atoms with van der Waals surface area (Å²) >= 11 is 0. The number of ether oxygens (including phenoxy) is 1. The molecular formula is C29H38N4O3. The molecule has 0 radical (unpaired) electrons. The summed E-state index contributed by atoms with van der Waals surface area (Å²) in [7, 11) is 0. The Morgan fingerprint density at radius 3 is 2.67 bits per heavy atom. The third-order valence-corrected chi connectivity index (χ3v) is 8.03. The zero-order valence-electron chi connectivity index (χ0n) is 21.3. The molecule has 0 aliphatic carbocycles. The Balaban J connectivity index is 1.46. The smallest absolute Gasteiger partial charge is 0.225 e. The van der Waals surface area contributed by atoms with E-state index in [2.05, 4.69) is 22.0 Å². The molecule has 36 heavy (non-hydrogen) atoms. The molecule has 0 N–H and O–H groups in total. The van der Waals surface area contributed by atoms with Crippen LogP contribution in [0.4, 0.5) is 5.69 Å². The highest BCUT2D eigenvalue weighted by molar-refractivity contribution is 5.92. The van der Waals surface area contributed by atoms with E-state index in [1.54, 1.807) is 13.1 Å². The highest BCUT2D eigenvalue weighted by Crippen LogP contribution is 2.33. The van der Waals surface area contributed by atoms with Gasteiger partial charge in [-0.1, -0.05) is 24.3 Å². The molecule has 4 heterocycles. The van der Waals surface area contributed by atoms with Crippen molar-refractivity contribution < 1.29 is 14.3 Å². The van der Waals surface area contributed by atoms with Crippen LogP contribution in [-0.4, -0.2) is 64.5 Å². The van der Waals surface area contributed by atoms with Crippen LogP contribution in [-0.2, 0) is 27.4 Å². The third-order valence-electron chi connectivity index (χ3n) is 8.03. The lowest BCUT2D eigenvalue weighted by Crippen LogP contribution is -2.45. The zero-order valence-corrected chi connectivity index (χ0v) is 21.3. The Morgan fingerprint density at radius 1 is 1.03 bits per heavy atom. The molecule has 3 aliphatic heterocycles. The second kappa shape index (κ2) is 11.5. The summed E-state index contributed by atoms with van der Waals surface area (Å²) in [5, 5.41) is 0. The SMILES string of the molecule is CC(=O)N1CCC2CCC(CN(C(=O)CC3CCCCO3)Cc3ccccc31)N2Cc1cccnc1. The van der Waals surface area contributed by atoms with Crippen molar-refractivity contribution in [3.05, 3.63) is 59.9 Å². The molecule has 0 spiro atoms. The van der Waals surface area contributed by atoms with E-state index in [0.29, 0.717) is 32.1 Å². The van der Waals surface area contributed by atoms with E-state index < -0.39 is 0 Å². The minimum Gasteiger partial charge on any atom is -0.378 e. The molecule has 192 valence electrons. The highest BCUT2D eigenvalue weighted by Gasteiger charge is 2.37. The maximum absolute atomic E-state index is 13.7. The van der Waals surface area contributed by atoms with Crippen molar-refractivity contribution >= 4 is 17.5 Å². The summed E-state index contributed by atoms with van der Waals surface area (Å²) in [6, 6.07) is 12.8. The van der Waals surface area contributed by atoms with E-state index in [9.17, 15) is 9.59 Å². The topological polar surface area (TPSA) is 66.0 Å². The first-order chi connectivity index (χ1) is 17.6. The Morgan fingerprint density at radius 2 is 1.89 bits per heavy atom. The Labute approximate surface area is 214 Å². The number of hydrogen-bond donors (Lipinski definition) is 0. The minimum absolute atomic E-state index is 0.0104. The first kappa shape index (κ1) is 24.9. The lowest BCUT2D eigenvalue weighted by atomic mass is 10.0. The Hall–Kier alpha value is -2.77. The number of benzene rings is 1. The van der Waals surface area contributed by atoms with Crippen LogP contribution in [0.5, 0.6) is 0 Å². The normalized spacial score (nSPS) is 25.2. The first-order valence-corrected chi connectivity index (χ1v) is 13.5. The summed E-state index contributed by atoms with van der Waals surface area (Å²) < 4.78 is 5.92. The molecule has 7 nitrogen and oxygen atoms in total. The van der Waals surface area contributed by atoms with Gasteiger partial charge >= 0.3 is 0 Å². The van der Waals surface area contributed by atoms with Gasteiger partial charge in [0, 0.05) is 69.9 Å². The largest absolute Gasteiger partial charge is 0.378 e. The molecule has 1 aromatic carbocycles. The molecule has 2 bridgehead atoms. The number of carbonyl (C=O) groups is 2. The van der Waals surface area contributed by atoms with Gasteiger partial charge in [-0.05, 0) is 61.8 Å². The molecule has 3 atom stereocenters. The second-order valence-electron chi connectivity index (χ2n) is 10.5. The van der Waals surface area contributed by atoms with E-state index in [4.69, 9.17) is 4.74 Å². The van der Waals surface area contributed by atoms with Gasteiger partial charge in [0.05, 0.1) is 12.5 Å². The van der Waals surface area contributed by atoms with Crippen molar-refractivity contribution in [2.75, 3.05) is 24.6 Å². The summed E-state index contributed by atoms with van der Waals surface area (Å²) in [6.07, 6.45) is 10.4. The van der Waals surface area contributed by atoms with Crippen molar-refractivity contribution in [3.8, 4) is 0 Å². The van der Waals surface area contributed by atoms with Gasteiger partial charge < -0.3 is 14.5 Å². The Bertz CT molecular complexity index is 1040. The van der Waals surface area contributed by atoms with Gasteiger partial charge in [0.2, 0.25) is 11.8 Å². The van der Waals surface area contributed by atoms with Crippen molar-refractivity contribution in [2.45, 2.75) is 83.1 Å². The van der Waals surface area contributed by atoms with Crippen LogP contribution in [0, 0.1) is 0 Å². The number of nitrogens with zero attached hydrogens (tertiary/aromatic N) is 4. The summed E-state index contributed by atoms with van der Waals surface area (Å²) in [6.45, 7) is 5.08. The fourth-order valence-electron chi connectivity index (χ4n) is 6.12. The van der Waals surface area contributed by atoms with E-state index >= 15 is 0 Å². The van der Waals surface area contributed by atoms with E-state index in [-0.39, 0.29) is 24.0 Å². The van der Waals surface area contributed by atoms with Gasteiger partial charge in [-0.15, -0.1) is 0 Å². The average molecular weight is 491 g/mol. The number of pyridine rings is 1. The average Bonchev–Trinajstić information content (AvgIpc) is 3.25. The van der Waals surface area contributed by atoms with Crippen LogP contribution in [0.25, 0.3) is 0 Å². The van der Waals surface area contributed by atoms with Crippen LogP contribution in [0.2, 0.25) is 0 Å². The number of carbonyl (C=O) groups excluding carboxylic acids is 2. The van der Waals surface area contributed by atoms with Crippen LogP contribution in [0.15, 0.2) is 48.8 Å². The van der Waals surface area contributed by atoms with Crippen molar-refractivity contribution in [3.63, 3.8) is 0 Å². The lowest BCUT2D eigenvalue weighted by Gasteiger charge is -2.34. The molecule has 3 aliphatic rings. The standard InChI is InChI=1S/C29H38N4O3/c1-22(34)32-15-13-25-11-12-26(33(25)19-23-7-6-14-30-18-23)21-31(20-24-8-2-3-10-28(24)32)29(35)17-27-9-4-5-16-36-27/h2-3,6-8,10,14,18,25-27H,4-5,9,11-13,15-17,19-21H2,1H3. The third kappa shape index (κ3) is 5.79. The van der Waals surface area contributed by atoms with Gasteiger partial charge in [0.15, 0.2) is 0 Å². The molecular weight excluding hydrogens is 452 g/mol. The minimum atomic E-state index is 0.0104. The quantitative estimate of drug-likeness (QED) is 0.644. The van der Waals surface area contributed by atoms with Crippen LogP contribution >= 0.6 is 0 Å². The summed E-state index contributed by atoms with van der Waals surface area (Å²) in [4.78, 5) is 37.3. The Kier molecular flexibility index (Phi) is 7.97. The molecule has 2 aromatic rings. The van der Waals surface area contributed by atoms with Crippen LogP contribution < -0.4 is 4.90 Å². The molecule has 3 unspecified atom stereocenters. The number of aromatic nitrogens is 1. The number of amides is 2. The molecule has 1 aromatic heterocycles. The summed E-state index contributed by atoms with van der Waals surface area (Å²) in [5.74, 6) is 0.193. The first-order valence-electron chi connectivity index (χ1n) is 13.5. The fourth-order valence-corrected chi connectivity index (χ4v) is 6.12. The van der Waals surface area contributed by atoms with E-state index in [1.165, 1.54) is 5.56 Å². The van der Waals surface area contributed by atoms with Crippen molar-refractivity contribution in [1.82, 2.24) is 14.8 Å². The monoisotopic (exact) mass is 490 g/mol. The predicted molar refractivity (Wildman–Crippen MR) is 139 cm³/mol. The van der Waals surface area contributed by atoms with Crippen molar-refractivity contribution in [1.29, 1.82) is 0 Å².